The molecule has 2 N–H and O–H groups in total. The fourth-order valence-electron chi connectivity index (χ4n) is 4.75. The van der Waals surface area contributed by atoms with E-state index in [-0.39, 0.29) is 12.7 Å². The van der Waals surface area contributed by atoms with Gasteiger partial charge in [0.25, 0.3) is 0 Å². The monoisotopic (exact) mass is 514 g/mol. The fourth-order valence-corrected chi connectivity index (χ4v) is 5.35. The first-order valence-electron chi connectivity index (χ1n) is 11.5. The van der Waals surface area contributed by atoms with Crippen LogP contribution in [0.4, 0.5) is 0 Å². The van der Waals surface area contributed by atoms with Crippen molar-refractivity contribution in [1.29, 1.82) is 0 Å². The van der Waals surface area contributed by atoms with E-state index in [0.29, 0.717) is 48.0 Å². The summed E-state index contributed by atoms with van der Waals surface area (Å²) in [6.45, 7) is 2.87. The highest BCUT2D eigenvalue weighted by Crippen LogP contribution is 2.36. The van der Waals surface area contributed by atoms with Crippen LogP contribution in [-0.2, 0) is 23.0 Å². The van der Waals surface area contributed by atoms with Gasteiger partial charge in [-0.1, -0.05) is 35.2 Å². The maximum absolute atomic E-state index is 11.1. The Morgan fingerprint density at radius 3 is 2.63 bits per heavy atom. The van der Waals surface area contributed by atoms with Crippen molar-refractivity contribution in [3.05, 3.63) is 68.3 Å². The number of hydrogen-bond acceptors (Lipinski definition) is 4. The first kappa shape index (κ1) is 25.6. The van der Waals surface area contributed by atoms with Crippen LogP contribution in [0.3, 0.4) is 0 Å². The van der Waals surface area contributed by atoms with Crippen molar-refractivity contribution in [3.63, 3.8) is 0 Å². The van der Waals surface area contributed by atoms with Gasteiger partial charge in [-0.05, 0) is 55.2 Å². The third kappa shape index (κ3) is 5.35. The largest absolute Gasteiger partial charge is 0.480 e. The quantitative estimate of drug-likeness (QED) is 0.437. The first-order chi connectivity index (χ1) is 16.7. The zero-order valence-electron chi connectivity index (χ0n) is 19.7. The smallest absolute Gasteiger partial charge is 0.329 e. The molecule has 184 valence electrons. The van der Waals surface area contributed by atoms with Gasteiger partial charge in [0, 0.05) is 59.3 Å². The van der Waals surface area contributed by atoms with Crippen molar-refractivity contribution in [2.24, 2.45) is 7.05 Å². The average Bonchev–Trinajstić information content (AvgIpc) is 3.16. The lowest BCUT2D eigenvalue weighted by atomic mass is 10.0. The van der Waals surface area contributed by atoms with Gasteiger partial charge in [-0.2, -0.15) is 0 Å². The van der Waals surface area contributed by atoms with Crippen molar-refractivity contribution >= 4 is 40.1 Å². The normalized spacial score (nSPS) is 15.9. The Hall–Kier alpha value is -2.53. The third-order valence-corrected chi connectivity index (χ3v) is 7.55. The van der Waals surface area contributed by atoms with Gasteiger partial charge in [0.15, 0.2) is 0 Å². The molecule has 6 nitrogen and oxygen atoms in total. The number of aromatic nitrogens is 1. The molecule has 35 heavy (non-hydrogen) atoms. The Morgan fingerprint density at radius 1 is 1.26 bits per heavy atom. The molecule has 1 saturated heterocycles. The summed E-state index contributed by atoms with van der Waals surface area (Å²) >= 11 is 13.4. The number of nitrogens with zero attached hydrogens (tertiary/aromatic N) is 2. The van der Waals surface area contributed by atoms with E-state index in [9.17, 15) is 9.90 Å². The second-order valence-corrected chi connectivity index (χ2v) is 9.77. The van der Waals surface area contributed by atoms with E-state index in [4.69, 9.17) is 39.5 Å². The van der Waals surface area contributed by atoms with Crippen LogP contribution in [0, 0.1) is 19.3 Å². The molecule has 0 saturated carbocycles. The molecule has 4 rings (SSSR count). The van der Waals surface area contributed by atoms with Crippen molar-refractivity contribution < 1.29 is 19.7 Å². The highest BCUT2D eigenvalue weighted by atomic mass is 35.5. The number of benzene rings is 2. The van der Waals surface area contributed by atoms with Crippen LogP contribution >= 0.6 is 23.2 Å². The number of ether oxygens (including phenoxy) is 1. The van der Waals surface area contributed by atoms with Crippen LogP contribution in [-0.4, -0.2) is 51.4 Å². The molecule has 1 aromatic heterocycles. The molecule has 0 spiro atoms. The summed E-state index contributed by atoms with van der Waals surface area (Å²) in [5.74, 6) is 1.73. The van der Waals surface area contributed by atoms with E-state index >= 15 is 0 Å². The van der Waals surface area contributed by atoms with Crippen LogP contribution in [0.2, 0.25) is 10.0 Å². The number of carbonyl (C=O) groups is 1. The first-order valence-corrected chi connectivity index (χ1v) is 12.2. The molecule has 1 aliphatic heterocycles. The second kappa shape index (κ2) is 10.6. The summed E-state index contributed by atoms with van der Waals surface area (Å²) in [4.78, 5) is 12.7. The Morgan fingerprint density at radius 2 is 1.97 bits per heavy atom. The van der Waals surface area contributed by atoms with Gasteiger partial charge in [-0.15, -0.1) is 6.42 Å². The molecule has 0 radical (unpaired) electrons. The summed E-state index contributed by atoms with van der Waals surface area (Å²) in [6, 6.07) is 9.66. The zero-order chi connectivity index (χ0) is 25.3. The van der Waals surface area contributed by atoms with Crippen LogP contribution in [0.1, 0.15) is 47.0 Å². The van der Waals surface area contributed by atoms with Crippen LogP contribution in [0.25, 0.3) is 10.9 Å². The summed E-state index contributed by atoms with van der Waals surface area (Å²) in [5.41, 5.74) is 5.37. The number of hydrogen-bond donors (Lipinski definition) is 2. The van der Waals surface area contributed by atoms with Gasteiger partial charge in [-0.25, -0.2) is 4.79 Å². The van der Waals surface area contributed by atoms with Crippen LogP contribution < -0.4 is 0 Å². The van der Waals surface area contributed by atoms with E-state index in [0.717, 1.165) is 33.3 Å². The molecular weight excluding hydrogens is 487 g/mol. The minimum absolute atomic E-state index is 0.129. The fraction of sp³-hybridized carbons (Fsp3) is 0.370. The Balaban J connectivity index is 1.56. The Labute approximate surface area is 215 Å². The number of aliphatic hydroxyl groups excluding tert-OH is 1. The van der Waals surface area contributed by atoms with Crippen molar-refractivity contribution in [2.75, 3.05) is 19.7 Å². The third-order valence-electron chi connectivity index (χ3n) is 6.75. The summed E-state index contributed by atoms with van der Waals surface area (Å²) in [6.07, 6.45) is 6.37. The second-order valence-electron chi connectivity index (χ2n) is 8.98. The van der Waals surface area contributed by atoms with Crippen molar-refractivity contribution in [2.45, 2.75) is 38.5 Å². The van der Waals surface area contributed by atoms with E-state index in [1.165, 1.54) is 0 Å². The average molecular weight is 515 g/mol. The molecular formula is C27H28Cl2N2O4. The highest BCUT2D eigenvalue weighted by Gasteiger charge is 2.28. The van der Waals surface area contributed by atoms with Crippen molar-refractivity contribution in [1.82, 2.24) is 9.47 Å². The minimum atomic E-state index is -0.981. The van der Waals surface area contributed by atoms with E-state index in [1.807, 2.05) is 31.0 Å². The van der Waals surface area contributed by atoms with E-state index in [2.05, 4.69) is 16.6 Å². The summed E-state index contributed by atoms with van der Waals surface area (Å²) in [5, 5.41) is 22.0. The minimum Gasteiger partial charge on any atom is -0.480 e. The molecule has 1 fully saturated rings. The molecule has 1 aliphatic rings. The molecule has 2 heterocycles. The SMILES string of the molecule is C#Cc1cc(C)c2cc(Cc3c(Cl)ccc(C(O)N4CCC(OCC(=O)O)CC4)c3Cl)n(C)c2c1. The molecule has 0 amide bonds. The number of piperidine rings is 1. The molecule has 8 heteroatoms. The highest BCUT2D eigenvalue weighted by molar-refractivity contribution is 6.36. The van der Waals surface area contributed by atoms with Gasteiger partial charge in [-0.3, -0.25) is 4.90 Å². The molecule has 1 atom stereocenters. The van der Waals surface area contributed by atoms with Crippen LogP contribution in [0.5, 0.6) is 0 Å². The number of aliphatic carboxylic acids is 1. The summed E-state index contributed by atoms with van der Waals surface area (Å²) in [7, 11) is 1.99. The number of aryl methyl sites for hydroxylation is 2. The number of carboxylic acid groups (broad SMARTS) is 1. The van der Waals surface area contributed by atoms with Gasteiger partial charge >= 0.3 is 5.97 Å². The van der Waals surface area contributed by atoms with Gasteiger partial charge in [0.2, 0.25) is 0 Å². The number of halogens is 2. The number of rotatable bonds is 7. The molecule has 0 aliphatic carbocycles. The molecule has 3 aromatic rings. The van der Waals surface area contributed by atoms with Crippen molar-refractivity contribution in [3.8, 4) is 12.3 Å². The predicted octanol–water partition coefficient (Wildman–Crippen LogP) is 4.92. The zero-order valence-corrected chi connectivity index (χ0v) is 21.2. The maximum atomic E-state index is 11.1. The molecule has 0 bridgehead atoms. The number of carboxylic acids is 1. The standard InChI is InChI=1S/C27H28Cl2N2O4/c1-4-17-11-16(2)21-13-18(30(3)24(21)12-17)14-22-23(28)6-5-20(26(22)29)27(34)31-9-7-19(8-10-31)35-15-25(32)33/h1,5-6,11-13,19,27,34H,7-10,14-15H2,2-3H3,(H,32,33). The van der Waals surface area contributed by atoms with Gasteiger partial charge in [0.05, 0.1) is 11.1 Å². The lowest BCUT2D eigenvalue weighted by Crippen LogP contribution is -2.40. The number of terminal acetylenes is 1. The Kier molecular flexibility index (Phi) is 7.75. The molecule has 2 aromatic carbocycles. The van der Waals surface area contributed by atoms with E-state index < -0.39 is 12.2 Å². The maximum Gasteiger partial charge on any atom is 0.329 e. The lowest BCUT2D eigenvalue weighted by molar-refractivity contribution is -0.146. The van der Waals surface area contributed by atoms with Crippen LogP contribution in [0.15, 0.2) is 30.3 Å². The predicted molar refractivity (Wildman–Crippen MR) is 138 cm³/mol. The lowest BCUT2D eigenvalue weighted by Gasteiger charge is -2.35. The summed E-state index contributed by atoms with van der Waals surface area (Å²) < 4.78 is 7.50. The number of aliphatic hydroxyl groups is 1. The number of fused-ring (bicyclic) bond motifs is 1. The van der Waals surface area contributed by atoms with E-state index in [1.54, 1.807) is 12.1 Å². The molecule has 1 unspecified atom stereocenters. The van der Waals surface area contributed by atoms with Gasteiger partial charge < -0.3 is 19.5 Å². The number of likely N-dealkylation sites (tertiary alicyclic amines) is 1. The Bertz CT molecular complexity index is 1300. The topological polar surface area (TPSA) is 74.9 Å². The van der Waals surface area contributed by atoms with Gasteiger partial charge in [0.1, 0.15) is 12.8 Å².